The van der Waals surface area contributed by atoms with Crippen LogP contribution in [0.15, 0.2) is 42.5 Å². The number of halogens is 2. The first-order chi connectivity index (χ1) is 12.4. The van der Waals surface area contributed by atoms with Gasteiger partial charge in [0, 0.05) is 12.1 Å². The van der Waals surface area contributed by atoms with E-state index in [0.717, 1.165) is 18.2 Å². The number of benzene rings is 2. The van der Waals surface area contributed by atoms with E-state index in [2.05, 4.69) is 4.74 Å². The quantitative estimate of drug-likeness (QED) is 0.458. The normalized spacial score (nSPS) is 10.1. The van der Waals surface area contributed by atoms with Crippen molar-refractivity contribution < 1.29 is 32.8 Å². The number of para-hydroxylation sites is 2. The SMILES string of the molecule is O=C(COC(=O)COc1ccccc1[N+](=O)[O-])Nc1cc(F)ccc1F. The monoisotopic (exact) mass is 366 g/mol. The van der Waals surface area contributed by atoms with Crippen LogP contribution in [-0.4, -0.2) is 30.0 Å². The van der Waals surface area contributed by atoms with Crippen LogP contribution >= 0.6 is 0 Å². The summed E-state index contributed by atoms with van der Waals surface area (Å²) in [7, 11) is 0. The number of hydrogen-bond donors (Lipinski definition) is 1. The van der Waals surface area contributed by atoms with Crippen LogP contribution in [-0.2, 0) is 14.3 Å². The summed E-state index contributed by atoms with van der Waals surface area (Å²) in [6, 6.07) is 7.88. The minimum atomic E-state index is -0.974. The predicted octanol–water partition coefficient (Wildman–Crippen LogP) is 2.43. The molecule has 0 aromatic heterocycles. The van der Waals surface area contributed by atoms with E-state index in [1.54, 1.807) is 0 Å². The maximum atomic E-state index is 13.4. The second-order valence-corrected chi connectivity index (χ2v) is 4.85. The fraction of sp³-hybridized carbons (Fsp3) is 0.125. The lowest BCUT2D eigenvalue weighted by molar-refractivity contribution is -0.385. The highest BCUT2D eigenvalue weighted by atomic mass is 19.1. The molecule has 10 heteroatoms. The van der Waals surface area contributed by atoms with E-state index in [0.29, 0.717) is 0 Å². The summed E-state index contributed by atoms with van der Waals surface area (Å²) in [5.74, 6) is -3.62. The third kappa shape index (κ3) is 5.23. The van der Waals surface area contributed by atoms with E-state index in [4.69, 9.17) is 4.74 Å². The number of nitrogens with zero attached hydrogens (tertiary/aromatic N) is 1. The van der Waals surface area contributed by atoms with Crippen molar-refractivity contribution in [3.63, 3.8) is 0 Å². The third-order valence-electron chi connectivity index (χ3n) is 2.97. The highest BCUT2D eigenvalue weighted by molar-refractivity contribution is 5.92. The number of esters is 1. The number of amides is 1. The predicted molar refractivity (Wildman–Crippen MR) is 84.5 cm³/mol. The van der Waals surface area contributed by atoms with Crippen LogP contribution < -0.4 is 10.1 Å². The largest absolute Gasteiger partial charge is 0.475 e. The van der Waals surface area contributed by atoms with Gasteiger partial charge in [-0.15, -0.1) is 0 Å². The van der Waals surface area contributed by atoms with Crippen molar-refractivity contribution in [3.8, 4) is 5.75 Å². The molecule has 0 aliphatic heterocycles. The molecule has 1 N–H and O–H groups in total. The first kappa shape index (κ1) is 18.8. The van der Waals surface area contributed by atoms with E-state index in [1.807, 2.05) is 5.32 Å². The molecule has 0 fully saturated rings. The van der Waals surface area contributed by atoms with Crippen LogP contribution in [0.1, 0.15) is 0 Å². The Morgan fingerprint density at radius 1 is 1.12 bits per heavy atom. The number of carbonyl (C=O) groups excluding carboxylic acids is 2. The molecular weight excluding hydrogens is 354 g/mol. The molecule has 2 aromatic carbocycles. The summed E-state index contributed by atoms with van der Waals surface area (Å²) >= 11 is 0. The molecular formula is C16H12F2N2O6. The highest BCUT2D eigenvalue weighted by Gasteiger charge is 2.16. The number of nitro groups is 1. The van der Waals surface area contributed by atoms with Crippen molar-refractivity contribution in [2.75, 3.05) is 18.5 Å². The minimum absolute atomic E-state index is 0.138. The number of ether oxygens (including phenoxy) is 2. The van der Waals surface area contributed by atoms with E-state index in [1.165, 1.54) is 24.3 Å². The molecule has 2 rings (SSSR count). The van der Waals surface area contributed by atoms with E-state index in [-0.39, 0.29) is 11.4 Å². The number of carbonyl (C=O) groups is 2. The molecule has 8 nitrogen and oxygen atoms in total. The Morgan fingerprint density at radius 2 is 1.85 bits per heavy atom. The Kier molecular flexibility index (Phi) is 6.15. The van der Waals surface area contributed by atoms with Gasteiger partial charge in [0.1, 0.15) is 11.6 Å². The Morgan fingerprint density at radius 3 is 2.58 bits per heavy atom. The molecule has 0 spiro atoms. The molecule has 0 saturated heterocycles. The van der Waals surface area contributed by atoms with Crippen LogP contribution in [0, 0.1) is 21.7 Å². The number of nitro benzene ring substituents is 1. The van der Waals surface area contributed by atoms with E-state index in [9.17, 15) is 28.5 Å². The van der Waals surface area contributed by atoms with Gasteiger partial charge in [-0.3, -0.25) is 14.9 Å². The number of anilines is 1. The molecule has 0 unspecified atom stereocenters. The standard InChI is InChI=1S/C16H12F2N2O6/c17-10-5-6-11(18)12(7-10)19-15(21)8-26-16(22)9-25-14-4-2-1-3-13(14)20(23)24/h1-7H,8-9H2,(H,19,21). The molecule has 0 saturated carbocycles. The van der Waals surface area contributed by atoms with Crippen LogP contribution in [0.3, 0.4) is 0 Å². The summed E-state index contributed by atoms with van der Waals surface area (Å²) in [6.07, 6.45) is 0. The van der Waals surface area contributed by atoms with Gasteiger partial charge in [-0.2, -0.15) is 0 Å². The minimum Gasteiger partial charge on any atom is -0.475 e. The lowest BCUT2D eigenvalue weighted by Gasteiger charge is -2.08. The number of hydrogen-bond acceptors (Lipinski definition) is 6. The summed E-state index contributed by atoms with van der Waals surface area (Å²) < 4.78 is 36.0. The first-order valence-electron chi connectivity index (χ1n) is 7.13. The smallest absolute Gasteiger partial charge is 0.344 e. The fourth-order valence-corrected chi connectivity index (χ4v) is 1.83. The van der Waals surface area contributed by atoms with Gasteiger partial charge in [-0.1, -0.05) is 12.1 Å². The van der Waals surface area contributed by atoms with Gasteiger partial charge in [-0.05, 0) is 18.2 Å². The van der Waals surface area contributed by atoms with Crippen LogP contribution in [0.5, 0.6) is 5.75 Å². The molecule has 1 amide bonds. The summed E-state index contributed by atoms with van der Waals surface area (Å²) in [4.78, 5) is 33.3. The maximum absolute atomic E-state index is 13.4. The summed E-state index contributed by atoms with van der Waals surface area (Å²) in [5, 5.41) is 12.8. The van der Waals surface area contributed by atoms with Crippen LogP contribution in [0.25, 0.3) is 0 Å². The summed E-state index contributed by atoms with van der Waals surface area (Å²) in [6.45, 7) is -1.44. The Hall–Kier alpha value is -3.56. The van der Waals surface area contributed by atoms with Crippen molar-refractivity contribution in [1.82, 2.24) is 0 Å². The number of rotatable bonds is 7. The lowest BCUT2D eigenvalue weighted by Crippen LogP contribution is -2.24. The second kappa shape index (κ2) is 8.51. The zero-order chi connectivity index (χ0) is 19.1. The van der Waals surface area contributed by atoms with Gasteiger partial charge < -0.3 is 14.8 Å². The average Bonchev–Trinajstić information content (AvgIpc) is 2.61. The third-order valence-corrected chi connectivity index (χ3v) is 2.97. The molecule has 0 bridgehead atoms. The van der Waals surface area contributed by atoms with Crippen molar-refractivity contribution >= 4 is 23.3 Å². The molecule has 0 radical (unpaired) electrons. The zero-order valence-electron chi connectivity index (χ0n) is 13.1. The molecule has 0 heterocycles. The Balaban J connectivity index is 1.82. The molecule has 0 atom stereocenters. The average molecular weight is 366 g/mol. The van der Waals surface area contributed by atoms with Gasteiger partial charge >= 0.3 is 11.7 Å². The molecule has 0 aliphatic carbocycles. The van der Waals surface area contributed by atoms with Gasteiger partial charge in [0.25, 0.3) is 5.91 Å². The number of nitrogens with one attached hydrogen (secondary N) is 1. The van der Waals surface area contributed by atoms with Crippen molar-refractivity contribution in [1.29, 1.82) is 0 Å². The first-order valence-corrected chi connectivity index (χ1v) is 7.13. The lowest BCUT2D eigenvalue weighted by atomic mass is 10.3. The molecule has 26 heavy (non-hydrogen) atoms. The molecule has 0 aliphatic rings. The van der Waals surface area contributed by atoms with Crippen molar-refractivity contribution in [2.45, 2.75) is 0 Å². The van der Waals surface area contributed by atoms with Gasteiger partial charge in [0.2, 0.25) is 0 Å². The van der Waals surface area contributed by atoms with Crippen molar-refractivity contribution in [2.24, 2.45) is 0 Å². The Bertz CT molecular complexity index is 843. The molecule has 2 aromatic rings. The Labute approximate surface area is 145 Å². The zero-order valence-corrected chi connectivity index (χ0v) is 13.1. The van der Waals surface area contributed by atoms with Gasteiger partial charge in [0.15, 0.2) is 19.0 Å². The maximum Gasteiger partial charge on any atom is 0.344 e. The molecule has 136 valence electrons. The topological polar surface area (TPSA) is 108 Å². The van der Waals surface area contributed by atoms with Crippen LogP contribution in [0.4, 0.5) is 20.2 Å². The summed E-state index contributed by atoms with van der Waals surface area (Å²) in [5.41, 5.74) is -0.734. The van der Waals surface area contributed by atoms with Gasteiger partial charge in [-0.25, -0.2) is 13.6 Å². The fourth-order valence-electron chi connectivity index (χ4n) is 1.83. The van der Waals surface area contributed by atoms with Gasteiger partial charge in [0.05, 0.1) is 10.6 Å². The second-order valence-electron chi connectivity index (χ2n) is 4.85. The highest BCUT2D eigenvalue weighted by Crippen LogP contribution is 2.25. The van der Waals surface area contributed by atoms with Crippen molar-refractivity contribution in [3.05, 3.63) is 64.2 Å². The van der Waals surface area contributed by atoms with E-state index < -0.39 is 47.3 Å². The van der Waals surface area contributed by atoms with Crippen LogP contribution in [0.2, 0.25) is 0 Å². The van der Waals surface area contributed by atoms with E-state index >= 15 is 0 Å².